The summed E-state index contributed by atoms with van der Waals surface area (Å²) < 4.78 is 1.88. The number of aromatic nitrogens is 2. The van der Waals surface area contributed by atoms with E-state index in [2.05, 4.69) is 15.5 Å². The number of amides is 1. The quantitative estimate of drug-likeness (QED) is 0.557. The second-order valence-electron chi connectivity index (χ2n) is 5.69. The number of hydrazone groups is 1. The van der Waals surface area contributed by atoms with Gasteiger partial charge in [-0.25, -0.2) is 10.4 Å². The molecule has 6 heteroatoms. The highest BCUT2D eigenvalue weighted by atomic mass is 35.5. The van der Waals surface area contributed by atoms with Crippen molar-refractivity contribution < 1.29 is 4.79 Å². The van der Waals surface area contributed by atoms with Gasteiger partial charge in [0, 0.05) is 5.02 Å². The highest BCUT2D eigenvalue weighted by Crippen LogP contribution is 2.15. The van der Waals surface area contributed by atoms with Crippen LogP contribution in [0.4, 0.5) is 0 Å². The Morgan fingerprint density at radius 1 is 1.24 bits per heavy atom. The van der Waals surface area contributed by atoms with E-state index in [1.54, 1.807) is 0 Å². The summed E-state index contributed by atoms with van der Waals surface area (Å²) in [5.41, 5.74) is 6.14. The minimum Gasteiger partial charge on any atom is -0.319 e. The van der Waals surface area contributed by atoms with Crippen molar-refractivity contribution in [2.24, 2.45) is 5.10 Å². The van der Waals surface area contributed by atoms with Crippen LogP contribution in [0.2, 0.25) is 5.02 Å². The number of imidazole rings is 1. The zero-order valence-electron chi connectivity index (χ0n) is 14.2. The van der Waals surface area contributed by atoms with Crippen molar-refractivity contribution in [1.29, 1.82) is 0 Å². The maximum absolute atomic E-state index is 12.3. The molecule has 0 unspecified atom stereocenters. The molecule has 0 aliphatic rings. The van der Waals surface area contributed by atoms with Gasteiger partial charge in [0.1, 0.15) is 12.4 Å². The SMILES string of the molecule is CC/C(=N\NC(=O)Cn1c(C)nc2ccccc21)c1cccc(Cl)c1. The van der Waals surface area contributed by atoms with Gasteiger partial charge in [-0.15, -0.1) is 0 Å². The Balaban J connectivity index is 1.76. The molecule has 0 saturated heterocycles. The Morgan fingerprint density at radius 3 is 2.80 bits per heavy atom. The molecule has 1 heterocycles. The van der Waals surface area contributed by atoms with Gasteiger partial charge in [-0.2, -0.15) is 5.10 Å². The lowest BCUT2D eigenvalue weighted by atomic mass is 10.1. The minimum absolute atomic E-state index is 0.169. The molecule has 5 nitrogen and oxygen atoms in total. The Morgan fingerprint density at radius 2 is 2.04 bits per heavy atom. The van der Waals surface area contributed by atoms with E-state index < -0.39 is 0 Å². The number of fused-ring (bicyclic) bond motifs is 1. The van der Waals surface area contributed by atoms with Crippen LogP contribution in [0.25, 0.3) is 11.0 Å². The topological polar surface area (TPSA) is 59.3 Å². The number of hydrogen-bond acceptors (Lipinski definition) is 3. The van der Waals surface area contributed by atoms with Crippen molar-refractivity contribution in [1.82, 2.24) is 15.0 Å². The molecule has 3 aromatic rings. The number of hydrogen-bond donors (Lipinski definition) is 1. The minimum atomic E-state index is -0.195. The number of carbonyl (C=O) groups is 1. The van der Waals surface area contributed by atoms with Crippen LogP contribution in [0.3, 0.4) is 0 Å². The molecule has 128 valence electrons. The molecule has 1 N–H and O–H groups in total. The van der Waals surface area contributed by atoms with Crippen LogP contribution in [-0.4, -0.2) is 21.2 Å². The van der Waals surface area contributed by atoms with Gasteiger partial charge in [0.15, 0.2) is 0 Å². The third-order valence-corrected chi connectivity index (χ3v) is 4.19. The second-order valence-corrected chi connectivity index (χ2v) is 6.13. The highest BCUT2D eigenvalue weighted by molar-refractivity contribution is 6.31. The Labute approximate surface area is 151 Å². The van der Waals surface area contributed by atoms with E-state index in [1.807, 2.05) is 66.9 Å². The molecule has 0 spiro atoms. The molecule has 0 atom stereocenters. The fraction of sp³-hybridized carbons (Fsp3) is 0.211. The van der Waals surface area contributed by atoms with Crippen molar-refractivity contribution in [2.45, 2.75) is 26.8 Å². The van der Waals surface area contributed by atoms with Gasteiger partial charge in [-0.3, -0.25) is 4.79 Å². The first-order valence-electron chi connectivity index (χ1n) is 8.11. The van der Waals surface area contributed by atoms with Crippen LogP contribution < -0.4 is 5.43 Å². The average Bonchev–Trinajstić information content (AvgIpc) is 2.91. The zero-order valence-corrected chi connectivity index (χ0v) is 14.9. The van der Waals surface area contributed by atoms with Gasteiger partial charge in [0.25, 0.3) is 5.91 Å². The number of benzene rings is 2. The van der Waals surface area contributed by atoms with Crippen LogP contribution in [0, 0.1) is 6.92 Å². The van der Waals surface area contributed by atoms with Gasteiger partial charge in [-0.1, -0.05) is 42.8 Å². The molecule has 0 fully saturated rings. The Bertz CT molecular complexity index is 946. The first-order valence-corrected chi connectivity index (χ1v) is 8.49. The molecule has 0 bridgehead atoms. The molecule has 3 rings (SSSR count). The van der Waals surface area contributed by atoms with E-state index >= 15 is 0 Å². The summed E-state index contributed by atoms with van der Waals surface area (Å²) >= 11 is 6.02. The van der Waals surface area contributed by atoms with E-state index in [1.165, 1.54) is 0 Å². The van der Waals surface area contributed by atoms with Crippen molar-refractivity contribution >= 4 is 34.3 Å². The maximum Gasteiger partial charge on any atom is 0.260 e. The predicted octanol–water partition coefficient (Wildman–Crippen LogP) is 3.93. The first-order chi connectivity index (χ1) is 12.1. The first kappa shape index (κ1) is 17.2. The fourth-order valence-electron chi connectivity index (χ4n) is 2.72. The second kappa shape index (κ2) is 7.49. The number of rotatable bonds is 5. The molecule has 2 aromatic carbocycles. The van der Waals surface area contributed by atoms with Gasteiger partial charge < -0.3 is 4.57 Å². The van der Waals surface area contributed by atoms with E-state index in [9.17, 15) is 4.79 Å². The summed E-state index contributed by atoms with van der Waals surface area (Å²) in [5.74, 6) is 0.602. The largest absolute Gasteiger partial charge is 0.319 e. The van der Waals surface area contributed by atoms with Gasteiger partial charge in [-0.05, 0) is 43.2 Å². The summed E-state index contributed by atoms with van der Waals surface area (Å²) in [6.45, 7) is 4.04. The van der Waals surface area contributed by atoms with Crippen LogP contribution in [0.15, 0.2) is 53.6 Å². The summed E-state index contributed by atoms with van der Waals surface area (Å²) in [5, 5.41) is 4.91. The molecular formula is C19H19ClN4O. The smallest absolute Gasteiger partial charge is 0.260 e. The number of para-hydroxylation sites is 2. The molecule has 1 aromatic heterocycles. The maximum atomic E-state index is 12.3. The van der Waals surface area contributed by atoms with Crippen LogP contribution in [0.5, 0.6) is 0 Å². The Kier molecular flexibility index (Phi) is 5.14. The van der Waals surface area contributed by atoms with Gasteiger partial charge in [0.05, 0.1) is 16.7 Å². The van der Waals surface area contributed by atoms with Crippen molar-refractivity contribution in [3.63, 3.8) is 0 Å². The number of nitrogens with zero attached hydrogens (tertiary/aromatic N) is 3. The molecule has 0 saturated carbocycles. The molecule has 0 aliphatic heterocycles. The third kappa shape index (κ3) is 3.88. The monoisotopic (exact) mass is 354 g/mol. The zero-order chi connectivity index (χ0) is 17.8. The van der Waals surface area contributed by atoms with E-state index in [0.29, 0.717) is 11.4 Å². The van der Waals surface area contributed by atoms with Crippen molar-refractivity contribution in [3.8, 4) is 0 Å². The fourth-order valence-corrected chi connectivity index (χ4v) is 2.91. The number of nitrogens with one attached hydrogen (secondary N) is 1. The lowest BCUT2D eigenvalue weighted by Crippen LogP contribution is -2.25. The van der Waals surface area contributed by atoms with Crippen LogP contribution in [0.1, 0.15) is 24.7 Å². The number of halogens is 1. The van der Waals surface area contributed by atoms with E-state index in [4.69, 9.17) is 11.6 Å². The molecule has 0 radical (unpaired) electrons. The van der Waals surface area contributed by atoms with Gasteiger partial charge in [0.2, 0.25) is 0 Å². The van der Waals surface area contributed by atoms with Gasteiger partial charge >= 0.3 is 0 Å². The summed E-state index contributed by atoms with van der Waals surface area (Å²) in [7, 11) is 0. The molecular weight excluding hydrogens is 336 g/mol. The number of aryl methyl sites for hydroxylation is 1. The summed E-state index contributed by atoms with van der Waals surface area (Å²) in [6.07, 6.45) is 0.688. The van der Waals surface area contributed by atoms with Crippen molar-refractivity contribution in [2.75, 3.05) is 0 Å². The number of carbonyl (C=O) groups excluding carboxylic acids is 1. The lowest BCUT2D eigenvalue weighted by molar-refractivity contribution is -0.121. The summed E-state index contributed by atoms with van der Waals surface area (Å²) in [4.78, 5) is 16.8. The molecule has 25 heavy (non-hydrogen) atoms. The normalized spacial score (nSPS) is 11.7. The highest BCUT2D eigenvalue weighted by Gasteiger charge is 2.11. The lowest BCUT2D eigenvalue weighted by Gasteiger charge is -2.08. The predicted molar refractivity (Wildman–Crippen MR) is 101 cm³/mol. The average molecular weight is 355 g/mol. The van der Waals surface area contributed by atoms with E-state index in [-0.39, 0.29) is 12.5 Å². The van der Waals surface area contributed by atoms with Crippen LogP contribution >= 0.6 is 11.6 Å². The molecule has 0 aliphatic carbocycles. The molecule has 1 amide bonds. The van der Waals surface area contributed by atoms with E-state index in [0.717, 1.165) is 28.1 Å². The standard InChI is InChI=1S/C19H19ClN4O/c1-3-16(14-7-6-8-15(20)11-14)22-23-19(25)12-24-13(2)21-17-9-4-5-10-18(17)24/h4-11H,3,12H2,1-2H3,(H,23,25)/b22-16+. The Hall–Kier alpha value is -2.66. The third-order valence-electron chi connectivity index (χ3n) is 3.96. The van der Waals surface area contributed by atoms with Crippen LogP contribution in [-0.2, 0) is 11.3 Å². The summed E-state index contributed by atoms with van der Waals surface area (Å²) in [6, 6.07) is 15.2. The van der Waals surface area contributed by atoms with Crippen molar-refractivity contribution in [3.05, 3.63) is 64.9 Å².